The van der Waals surface area contributed by atoms with Crippen LogP contribution in [0.1, 0.15) is 26.3 Å². The van der Waals surface area contributed by atoms with Gasteiger partial charge in [-0.05, 0) is 56.7 Å². The molecule has 0 saturated carbocycles. The number of nitrogens with zero attached hydrogens (tertiary/aromatic N) is 2. The van der Waals surface area contributed by atoms with Gasteiger partial charge in [-0.15, -0.1) is 0 Å². The Bertz CT molecular complexity index is 1080. The third kappa shape index (κ3) is 7.20. The van der Waals surface area contributed by atoms with Gasteiger partial charge in [-0.2, -0.15) is 0 Å². The highest BCUT2D eigenvalue weighted by molar-refractivity contribution is 7.92. The van der Waals surface area contributed by atoms with Crippen LogP contribution in [0.5, 0.6) is 0 Å². The second-order valence-corrected chi connectivity index (χ2v) is 10.1. The second-order valence-electron chi connectivity index (χ2n) is 7.74. The summed E-state index contributed by atoms with van der Waals surface area (Å²) in [6.45, 7) is 4.59. The predicted molar refractivity (Wildman–Crippen MR) is 123 cm³/mol. The minimum Gasteiger partial charge on any atom is -0.352 e. The SMILES string of the molecule is CC(C)NC(=O)[C@@H](C)N(Cc1cccc(Cl)c1)C(=O)CN(c1cccc(F)c1)S(C)(=O)=O. The van der Waals surface area contributed by atoms with E-state index in [-0.39, 0.29) is 24.2 Å². The molecule has 0 bridgehead atoms. The van der Waals surface area contributed by atoms with Crippen LogP contribution in [0.3, 0.4) is 0 Å². The van der Waals surface area contributed by atoms with Crippen LogP contribution >= 0.6 is 11.6 Å². The van der Waals surface area contributed by atoms with Gasteiger partial charge in [0.2, 0.25) is 21.8 Å². The summed E-state index contributed by atoms with van der Waals surface area (Å²) in [5, 5.41) is 3.22. The summed E-state index contributed by atoms with van der Waals surface area (Å²) in [7, 11) is -3.91. The summed E-state index contributed by atoms with van der Waals surface area (Å²) in [6, 6.07) is 10.7. The summed E-state index contributed by atoms with van der Waals surface area (Å²) >= 11 is 6.05. The number of halogens is 2. The van der Waals surface area contributed by atoms with Crippen LogP contribution in [0.2, 0.25) is 5.02 Å². The van der Waals surface area contributed by atoms with E-state index in [9.17, 15) is 22.4 Å². The quantitative estimate of drug-likeness (QED) is 0.593. The Morgan fingerprint density at radius 3 is 2.31 bits per heavy atom. The van der Waals surface area contributed by atoms with E-state index in [1.54, 1.807) is 45.0 Å². The highest BCUT2D eigenvalue weighted by Crippen LogP contribution is 2.20. The third-order valence-corrected chi connectivity index (χ3v) is 5.99. The standard InChI is InChI=1S/C22H27ClFN3O4S/c1-15(2)25-22(29)16(3)26(13-17-7-5-8-18(23)11-17)21(28)14-27(32(4,30)31)20-10-6-9-19(24)12-20/h5-12,15-16H,13-14H2,1-4H3,(H,25,29)/t16-/m1/s1. The van der Waals surface area contributed by atoms with Gasteiger partial charge >= 0.3 is 0 Å². The first-order chi connectivity index (χ1) is 14.9. The van der Waals surface area contributed by atoms with Gasteiger partial charge in [-0.3, -0.25) is 13.9 Å². The Balaban J connectivity index is 2.39. The van der Waals surface area contributed by atoms with E-state index in [4.69, 9.17) is 11.6 Å². The maximum absolute atomic E-state index is 13.7. The van der Waals surface area contributed by atoms with Gasteiger partial charge in [0.05, 0.1) is 11.9 Å². The molecule has 0 saturated heterocycles. The Morgan fingerprint density at radius 1 is 1.09 bits per heavy atom. The molecule has 2 aromatic rings. The number of carbonyl (C=O) groups is 2. The molecule has 2 amide bonds. The molecule has 2 rings (SSSR count). The van der Waals surface area contributed by atoms with Gasteiger partial charge < -0.3 is 10.2 Å². The van der Waals surface area contributed by atoms with Crippen molar-refractivity contribution in [2.75, 3.05) is 17.1 Å². The molecule has 0 radical (unpaired) electrons. The second kappa shape index (κ2) is 10.8. The van der Waals surface area contributed by atoms with Crippen molar-refractivity contribution in [2.45, 2.75) is 39.4 Å². The highest BCUT2D eigenvalue weighted by Gasteiger charge is 2.30. The molecule has 0 aliphatic carbocycles. The first kappa shape index (κ1) is 25.6. The lowest BCUT2D eigenvalue weighted by Gasteiger charge is -2.32. The molecular formula is C22H27ClFN3O4S. The Kier molecular flexibility index (Phi) is 8.63. The van der Waals surface area contributed by atoms with Crippen molar-refractivity contribution in [3.8, 4) is 0 Å². The largest absolute Gasteiger partial charge is 0.352 e. The van der Waals surface area contributed by atoms with Crippen LogP contribution in [0.15, 0.2) is 48.5 Å². The molecule has 2 aromatic carbocycles. The van der Waals surface area contributed by atoms with E-state index in [0.29, 0.717) is 10.6 Å². The summed E-state index contributed by atoms with van der Waals surface area (Å²) in [5.41, 5.74) is 0.689. The van der Waals surface area contributed by atoms with Crippen molar-refractivity contribution in [3.05, 3.63) is 64.9 Å². The minimum atomic E-state index is -3.91. The molecule has 0 fully saturated rings. The third-order valence-electron chi connectivity index (χ3n) is 4.62. The molecule has 10 heteroatoms. The number of rotatable bonds is 9. The van der Waals surface area contributed by atoms with E-state index in [0.717, 1.165) is 16.6 Å². The minimum absolute atomic E-state index is 0.0165. The zero-order valence-electron chi connectivity index (χ0n) is 18.4. The molecule has 0 spiro atoms. The maximum Gasteiger partial charge on any atom is 0.244 e. The number of nitrogens with one attached hydrogen (secondary N) is 1. The Labute approximate surface area is 193 Å². The smallest absolute Gasteiger partial charge is 0.244 e. The monoisotopic (exact) mass is 483 g/mol. The molecule has 0 heterocycles. The lowest BCUT2D eigenvalue weighted by Crippen LogP contribution is -2.52. The molecule has 0 aromatic heterocycles. The van der Waals surface area contributed by atoms with Crippen LogP contribution in [0.25, 0.3) is 0 Å². The number of sulfonamides is 1. The first-order valence-corrected chi connectivity index (χ1v) is 12.2. The van der Waals surface area contributed by atoms with E-state index < -0.39 is 34.3 Å². The molecule has 1 atom stereocenters. The number of anilines is 1. The molecule has 32 heavy (non-hydrogen) atoms. The molecule has 0 aliphatic heterocycles. The number of amides is 2. The van der Waals surface area contributed by atoms with Crippen molar-refractivity contribution in [2.24, 2.45) is 0 Å². The van der Waals surface area contributed by atoms with E-state index in [2.05, 4.69) is 5.32 Å². The fourth-order valence-electron chi connectivity index (χ4n) is 3.06. The first-order valence-electron chi connectivity index (χ1n) is 9.96. The lowest BCUT2D eigenvalue weighted by atomic mass is 10.1. The number of hydrogen-bond donors (Lipinski definition) is 1. The van der Waals surface area contributed by atoms with Crippen molar-refractivity contribution in [1.82, 2.24) is 10.2 Å². The highest BCUT2D eigenvalue weighted by atomic mass is 35.5. The van der Waals surface area contributed by atoms with E-state index >= 15 is 0 Å². The van der Waals surface area contributed by atoms with E-state index in [1.807, 2.05) is 0 Å². The fourth-order valence-corrected chi connectivity index (χ4v) is 4.12. The molecule has 0 aliphatic rings. The van der Waals surface area contributed by atoms with Crippen LogP contribution < -0.4 is 9.62 Å². The van der Waals surface area contributed by atoms with Gasteiger partial charge in [-0.1, -0.05) is 29.8 Å². The van der Waals surface area contributed by atoms with Crippen molar-refractivity contribution < 1.29 is 22.4 Å². The van der Waals surface area contributed by atoms with E-state index in [1.165, 1.54) is 23.1 Å². The average molecular weight is 484 g/mol. The van der Waals surface area contributed by atoms with Crippen molar-refractivity contribution >= 4 is 39.1 Å². The van der Waals surface area contributed by atoms with Crippen molar-refractivity contribution in [1.29, 1.82) is 0 Å². The predicted octanol–water partition coefficient (Wildman–Crippen LogP) is 3.19. The van der Waals surface area contributed by atoms with Gasteiger partial charge in [0.25, 0.3) is 0 Å². The Morgan fingerprint density at radius 2 is 1.75 bits per heavy atom. The molecule has 0 unspecified atom stereocenters. The number of carbonyl (C=O) groups excluding carboxylic acids is 2. The topological polar surface area (TPSA) is 86.8 Å². The van der Waals surface area contributed by atoms with Crippen molar-refractivity contribution in [3.63, 3.8) is 0 Å². The number of benzene rings is 2. The van der Waals surface area contributed by atoms with Crippen LogP contribution in [-0.4, -0.2) is 50.0 Å². The average Bonchev–Trinajstić information content (AvgIpc) is 2.68. The summed E-state index contributed by atoms with van der Waals surface area (Å²) in [6.07, 6.45) is 0.932. The Hall–Kier alpha value is -2.65. The van der Waals surface area contributed by atoms with Gasteiger partial charge in [-0.25, -0.2) is 12.8 Å². The maximum atomic E-state index is 13.7. The van der Waals surface area contributed by atoms with Crippen LogP contribution in [0, 0.1) is 5.82 Å². The zero-order valence-corrected chi connectivity index (χ0v) is 20.0. The van der Waals surface area contributed by atoms with Gasteiger partial charge in [0.1, 0.15) is 18.4 Å². The summed E-state index contributed by atoms with van der Waals surface area (Å²) in [4.78, 5) is 27.2. The molecule has 1 N–H and O–H groups in total. The van der Waals surface area contributed by atoms with Gasteiger partial charge in [0.15, 0.2) is 0 Å². The van der Waals surface area contributed by atoms with Gasteiger partial charge in [0, 0.05) is 17.6 Å². The normalized spacial score (nSPS) is 12.3. The molecule has 7 nitrogen and oxygen atoms in total. The fraction of sp³-hybridized carbons (Fsp3) is 0.364. The zero-order chi connectivity index (χ0) is 24.1. The molecule has 174 valence electrons. The number of hydrogen-bond acceptors (Lipinski definition) is 4. The lowest BCUT2D eigenvalue weighted by molar-refractivity contribution is -0.139. The summed E-state index contributed by atoms with van der Waals surface area (Å²) < 4.78 is 39.3. The van der Waals surface area contributed by atoms with Crippen LogP contribution in [-0.2, 0) is 26.2 Å². The van der Waals surface area contributed by atoms with Crippen LogP contribution in [0.4, 0.5) is 10.1 Å². The summed E-state index contributed by atoms with van der Waals surface area (Å²) in [5.74, 6) is -1.64. The molecular weight excluding hydrogens is 457 g/mol.